The fourth-order valence-electron chi connectivity index (χ4n) is 4.87. The number of phenolic OH excluding ortho intramolecular Hbond substituents is 1. The first-order chi connectivity index (χ1) is 20.1. The van der Waals surface area contributed by atoms with Gasteiger partial charge in [0, 0.05) is 12.8 Å². The molecule has 0 amide bonds. The minimum atomic E-state index is -1.88. The molecule has 8 atom stereocenters. The molecule has 2 saturated heterocycles. The first kappa shape index (κ1) is 32.3. The predicted molar refractivity (Wildman–Crippen MR) is 146 cm³/mol. The van der Waals surface area contributed by atoms with Crippen LogP contribution in [0.25, 0.3) is 0 Å². The van der Waals surface area contributed by atoms with Crippen molar-refractivity contribution in [3.05, 3.63) is 59.7 Å². The highest BCUT2D eigenvalue weighted by atomic mass is 16.7. The zero-order chi connectivity index (χ0) is 30.3. The van der Waals surface area contributed by atoms with Gasteiger partial charge in [-0.05, 0) is 61.1 Å². The first-order valence-corrected chi connectivity index (χ1v) is 14.1. The van der Waals surface area contributed by atoms with Crippen molar-refractivity contribution in [3.63, 3.8) is 0 Å². The van der Waals surface area contributed by atoms with Gasteiger partial charge >= 0.3 is 0 Å². The fraction of sp³-hybridized carbons (Fsp3) is 0.567. The highest BCUT2D eigenvalue weighted by Crippen LogP contribution is 2.28. The molecule has 2 aromatic rings. The lowest BCUT2D eigenvalue weighted by Gasteiger charge is -2.40. The molecule has 12 heteroatoms. The summed E-state index contributed by atoms with van der Waals surface area (Å²) in [4.78, 5) is 12.2. The molecule has 0 aliphatic carbocycles. The molecule has 2 heterocycles. The van der Waals surface area contributed by atoms with Crippen molar-refractivity contribution < 1.29 is 59.5 Å². The Morgan fingerprint density at radius 2 is 1.52 bits per heavy atom. The zero-order valence-corrected chi connectivity index (χ0v) is 23.2. The van der Waals surface area contributed by atoms with E-state index in [-0.39, 0.29) is 24.7 Å². The third-order valence-corrected chi connectivity index (χ3v) is 7.65. The molecule has 4 rings (SSSR count). The van der Waals surface area contributed by atoms with Gasteiger partial charge in [-0.1, -0.05) is 24.3 Å². The number of aliphatic hydroxyl groups excluding tert-OH is 5. The zero-order valence-electron chi connectivity index (χ0n) is 23.2. The number of aryl methyl sites for hydroxylation is 2. The van der Waals surface area contributed by atoms with Gasteiger partial charge in [-0.2, -0.15) is 0 Å². The van der Waals surface area contributed by atoms with Crippen LogP contribution < -0.4 is 4.74 Å². The molecular formula is C30H40O12. The minimum Gasteiger partial charge on any atom is -0.508 e. The van der Waals surface area contributed by atoms with Crippen LogP contribution in [-0.4, -0.2) is 110 Å². The number of carbonyl (C=O) groups is 1. The number of unbranched alkanes of at least 4 members (excludes halogenated alkanes) is 1. The Kier molecular flexibility index (Phi) is 11.3. The third kappa shape index (κ3) is 8.25. The number of hydrogen-bond donors (Lipinski definition) is 7. The number of ketones is 1. The molecule has 2 aliphatic rings. The van der Waals surface area contributed by atoms with Crippen LogP contribution in [0.4, 0.5) is 0 Å². The van der Waals surface area contributed by atoms with E-state index >= 15 is 0 Å². The van der Waals surface area contributed by atoms with E-state index in [2.05, 4.69) is 0 Å². The summed E-state index contributed by atoms with van der Waals surface area (Å²) in [5.41, 5.74) is 0.167. The van der Waals surface area contributed by atoms with E-state index < -0.39 is 55.3 Å². The lowest BCUT2D eigenvalue weighted by molar-refractivity contribution is -0.289. The second-order valence-corrected chi connectivity index (χ2v) is 10.9. The molecule has 0 bridgehead atoms. The summed E-state index contributed by atoms with van der Waals surface area (Å²) in [7, 11) is 0. The highest BCUT2D eigenvalue weighted by Gasteiger charge is 2.50. The maximum atomic E-state index is 12.2. The molecule has 2 aromatic carbocycles. The van der Waals surface area contributed by atoms with E-state index in [1.165, 1.54) is 0 Å². The largest absolute Gasteiger partial charge is 0.508 e. The molecular weight excluding hydrogens is 552 g/mol. The van der Waals surface area contributed by atoms with Gasteiger partial charge in [-0.3, -0.25) is 4.79 Å². The molecule has 0 radical (unpaired) electrons. The van der Waals surface area contributed by atoms with Crippen LogP contribution in [0.2, 0.25) is 0 Å². The van der Waals surface area contributed by atoms with Crippen molar-refractivity contribution in [1.29, 1.82) is 0 Å². The number of ether oxygens (including phenoxy) is 4. The Morgan fingerprint density at radius 3 is 2.19 bits per heavy atom. The van der Waals surface area contributed by atoms with Crippen LogP contribution in [0.1, 0.15) is 36.8 Å². The van der Waals surface area contributed by atoms with Gasteiger partial charge in [0.15, 0.2) is 6.29 Å². The summed E-state index contributed by atoms with van der Waals surface area (Å²) < 4.78 is 22.0. The minimum absolute atomic E-state index is 0.201. The lowest BCUT2D eigenvalue weighted by atomic mass is 9.99. The molecule has 2 fully saturated rings. The van der Waals surface area contributed by atoms with Crippen molar-refractivity contribution in [2.45, 2.75) is 87.2 Å². The number of rotatable bonds is 14. The number of benzene rings is 2. The molecule has 232 valence electrons. The van der Waals surface area contributed by atoms with Crippen LogP contribution in [0.15, 0.2) is 48.5 Å². The van der Waals surface area contributed by atoms with Crippen LogP contribution in [0.5, 0.6) is 11.5 Å². The smallest absolute Gasteiger partial charge is 0.229 e. The Labute approximate surface area is 243 Å². The number of Topliss-reactive ketones (excluding diaryl/α,β-unsaturated/α-hetero) is 1. The van der Waals surface area contributed by atoms with E-state index in [1.54, 1.807) is 24.3 Å². The Bertz CT molecular complexity index is 1130. The molecule has 0 spiro atoms. The average molecular weight is 593 g/mol. The van der Waals surface area contributed by atoms with Crippen LogP contribution in [0, 0.1) is 0 Å². The first-order valence-electron chi connectivity index (χ1n) is 14.1. The van der Waals surface area contributed by atoms with E-state index in [9.17, 15) is 40.5 Å². The molecule has 0 aromatic heterocycles. The number of hydrogen-bond acceptors (Lipinski definition) is 12. The fourth-order valence-corrected chi connectivity index (χ4v) is 4.87. The Hall–Kier alpha value is -2.65. The number of carbonyl (C=O) groups excluding carboxylic acids is 1. The van der Waals surface area contributed by atoms with E-state index in [0.29, 0.717) is 25.0 Å². The molecule has 8 unspecified atom stereocenters. The topological polar surface area (TPSA) is 196 Å². The van der Waals surface area contributed by atoms with Crippen molar-refractivity contribution in [2.24, 2.45) is 0 Å². The van der Waals surface area contributed by atoms with Crippen LogP contribution >= 0.6 is 0 Å². The summed E-state index contributed by atoms with van der Waals surface area (Å²) in [6, 6.07) is 13.9. The molecule has 12 nitrogen and oxygen atoms in total. The van der Waals surface area contributed by atoms with Crippen molar-refractivity contribution in [3.8, 4) is 11.5 Å². The molecule has 2 aliphatic heterocycles. The van der Waals surface area contributed by atoms with E-state index in [1.807, 2.05) is 24.3 Å². The van der Waals surface area contributed by atoms with Gasteiger partial charge in [0.05, 0.1) is 19.8 Å². The second kappa shape index (κ2) is 14.7. The lowest BCUT2D eigenvalue weighted by Crippen LogP contribution is -2.60. The van der Waals surface area contributed by atoms with Gasteiger partial charge in [-0.15, -0.1) is 0 Å². The van der Waals surface area contributed by atoms with Crippen LogP contribution in [-0.2, 0) is 31.8 Å². The molecule has 7 N–H and O–H groups in total. The average Bonchev–Trinajstić information content (AvgIpc) is 3.28. The number of phenols is 1. The van der Waals surface area contributed by atoms with Gasteiger partial charge in [0.1, 0.15) is 53.4 Å². The summed E-state index contributed by atoms with van der Waals surface area (Å²) in [6.07, 6.45) is -6.05. The van der Waals surface area contributed by atoms with Crippen LogP contribution in [0.3, 0.4) is 0 Å². The SMILES string of the molecule is O=C(CCCCc1ccc(OC2OC(COC3OCC(O)(CO)C3O)C(O)C(O)C2O)cc1)CCc1ccc(O)cc1. The van der Waals surface area contributed by atoms with Crippen molar-refractivity contribution in [1.82, 2.24) is 0 Å². The van der Waals surface area contributed by atoms with Gasteiger partial charge < -0.3 is 54.7 Å². The van der Waals surface area contributed by atoms with Gasteiger partial charge in [0.25, 0.3) is 0 Å². The van der Waals surface area contributed by atoms with E-state index in [0.717, 1.165) is 30.4 Å². The Morgan fingerprint density at radius 1 is 0.857 bits per heavy atom. The number of aromatic hydroxyl groups is 1. The normalized spacial score (nSPS) is 31.2. The van der Waals surface area contributed by atoms with Gasteiger partial charge in [-0.25, -0.2) is 0 Å². The summed E-state index contributed by atoms with van der Waals surface area (Å²) in [6.45, 7) is -1.46. The van der Waals surface area contributed by atoms with E-state index in [4.69, 9.17) is 18.9 Å². The maximum absolute atomic E-state index is 12.2. The molecule has 42 heavy (non-hydrogen) atoms. The number of aliphatic hydroxyl groups is 6. The van der Waals surface area contributed by atoms with Gasteiger partial charge in [0.2, 0.25) is 6.29 Å². The monoisotopic (exact) mass is 592 g/mol. The Balaban J connectivity index is 1.19. The predicted octanol–water partition coefficient (Wildman–Crippen LogP) is -0.0495. The highest BCUT2D eigenvalue weighted by molar-refractivity contribution is 5.78. The molecule has 0 saturated carbocycles. The van der Waals surface area contributed by atoms with Crippen molar-refractivity contribution in [2.75, 3.05) is 19.8 Å². The maximum Gasteiger partial charge on any atom is 0.229 e. The second-order valence-electron chi connectivity index (χ2n) is 10.9. The summed E-state index contributed by atoms with van der Waals surface area (Å²) in [5, 5.41) is 69.9. The third-order valence-electron chi connectivity index (χ3n) is 7.65. The summed E-state index contributed by atoms with van der Waals surface area (Å²) in [5.74, 6) is 0.765. The quantitative estimate of drug-likeness (QED) is 0.145. The van der Waals surface area contributed by atoms with Crippen molar-refractivity contribution >= 4 is 5.78 Å². The standard InChI is InChI=1S/C30H40O12/c31-16-30(38)17-40-29(27(30)37)39-15-23-24(34)25(35)26(36)28(42-23)41-22-13-8-18(9-14-22)3-1-2-4-20(32)10-5-19-6-11-21(33)12-7-19/h6-9,11-14,23-29,31,33-38H,1-5,10,15-17H2. The summed E-state index contributed by atoms with van der Waals surface area (Å²) >= 11 is 0.